The molecule has 0 aliphatic rings. The van der Waals surface area contributed by atoms with Crippen LogP contribution < -0.4 is 0 Å². The predicted octanol–water partition coefficient (Wildman–Crippen LogP) is 2.31. The van der Waals surface area contributed by atoms with Gasteiger partial charge in [0.25, 0.3) is 0 Å². The van der Waals surface area contributed by atoms with Crippen LogP contribution >= 0.6 is 27.5 Å². The van der Waals surface area contributed by atoms with Gasteiger partial charge in [0, 0.05) is 22.1 Å². The minimum absolute atomic E-state index is 0.576. The maximum atomic E-state index is 10.2. The van der Waals surface area contributed by atoms with Gasteiger partial charge in [-0.3, -0.25) is 0 Å². The Morgan fingerprint density at radius 3 is 2.88 bits per heavy atom. The fraction of sp³-hybridized carbons (Fsp3) is 0.200. The second-order valence-corrected chi connectivity index (χ2v) is 4.64. The lowest BCUT2D eigenvalue weighted by Gasteiger charge is -2.12. The van der Waals surface area contributed by atoms with Gasteiger partial charge in [-0.25, -0.2) is 4.68 Å². The predicted molar refractivity (Wildman–Crippen MR) is 64.2 cm³/mol. The summed E-state index contributed by atoms with van der Waals surface area (Å²) in [6.45, 7) is 0. The van der Waals surface area contributed by atoms with Crippen LogP contribution in [0, 0.1) is 0 Å². The molecule has 2 rings (SSSR count). The standard InChI is InChI=1S/C10H9BrClN3O/c1-15-9(5-13-14-15)10(16)7-4-6(12)2-3-8(7)11/h2-5,10,16H,1H3. The highest BCUT2D eigenvalue weighted by molar-refractivity contribution is 9.10. The maximum Gasteiger partial charge on any atom is 0.123 e. The Morgan fingerprint density at radius 1 is 1.50 bits per heavy atom. The summed E-state index contributed by atoms with van der Waals surface area (Å²) in [5.74, 6) is 0. The maximum absolute atomic E-state index is 10.2. The number of hydrogen-bond donors (Lipinski definition) is 1. The Hall–Kier alpha value is -0.910. The molecule has 0 aliphatic carbocycles. The third-order valence-electron chi connectivity index (χ3n) is 2.28. The molecule has 0 spiro atoms. The highest BCUT2D eigenvalue weighted by atomic mass is 79.9. The van der Waals surface area contributed by atoms with Crippen LogP contribution in [0.4, 0.5) is 0 Å². The number of aliphatic hydroxyl groups is 1. The molecule has 0 saturated heterocycles. The minimum atomic E-state index is -0.798. The summed E-state index contributed by atoms with van der Waals surface area (Å²) in [4.78, 5) is 0. The summed E-state index contributed by atoms with van der Waals surface area (Å²) in [6.07, 6.45) is 0.728. The molecule has 1 N–H and O–H groups in total. The van der Waals surface area contributed by atoms with E-state index in [9.17, 15) is 5.11 Å². The second kappa shape index (κ2) is 4.53. The van der Waals surface area contributed by atoms with Gasteiger partial charge in [0.2, 0.25) is 0 Å². The lowest BCUT2D eigenvalue weighted by atomic mass is 10.1. The first-order valence-corrected chi connectivity index (χ1v) is 5.74. The first-order chi connectivity index (χ1) is 7.59. The summed E-state index contributed by atoms with van der Waals surface area (Å²) in [7, 11) is 1.73. The molecule has 1 aromatic heterocycles. The SMILES string of the molecule is Cn1nncc1C(O)c1cc(Cl)ccc1Br. The topological polar surface area (TPSA) is 50.9 Å². The van der Waals surface area contributed by atoms with Gasteiger partial charge < -0.3 is 5.11 Å². The molecule has 0 fully saturated rings. The van der Waals surface area contributed by atoms with Crippen LogP contribution in [0.3, 0.4) is 0 Å². The average molecular weight is 303 g/mol. The smallest absolute Gasteiger partial charge is 0.123 e. The quantitative estimate of drug-likeness (QED) is 0.926. The number of benzene rings is 1. The van der Waals surface area contributed by atoms with Crippen molar-refractivity contribution in [2.75, 3.05) is 0 Å². The molecule has 1 aromatic carbocycles. The molecule has 0 bridgehead atoms. The highest BCUT2D eigenvalue weighted by Gasteiger charge is 2.17. The molecule has 16 heavy (non-hydrogen) atoms. The molecule has 0 aliphatic heterocycles. The van der Waals surface area contributed by atoms with E-state index in [4.69, 9.17) is 11.6 Å². The van der Waals surface area contributed by atoms with E-state index in [0.29, 0.717) is 16.3 Å². The number of aryl methyl sites for hydroxylation is 1. The highest BCUT2D eigenvalue weighted by Crippen LogP contribution is 2.30. The molecule has 0 radical (unpaired) electrons. The van der Waals surface area contributed by atoms with Crippen molar-refractivity contribution in [1.82, 2.24) is 15.0 Å². The molecule has 1 unspecified atom stereocenters. The number of rotatable bonds is 2. The van der Waals surface area contributed by atoms with Gasteiger partial charge in [-0.05, 0) is 18.2 Å². The van der Waals surface area contributed by atoms with Crippen LogP contribution in [0.25, 0.3) is 0 Å². The number of halogens is 2. The zero-order valence-electron chi connectivity index (χ0n) is 8.43. The van der Waals surface area contributed by atoms with E-state index in [2.05, 4.69) is 26.2 Å². The van der Waals surface area contributed by atoms with Crippen LogP contribution in [-0.2, 0) is 7.05 Å². The van der Waals surface area contributed by atoms with Gasteiger partial charge in [-0.15, -0.1) is 5.10 Å². The van der Waals surface area contributed by atoms with Gasteiger partial charge in [0.05, 0.1) is 11.9 Å². The molecule has 2 aromatic rings. The first kappa shape index (κ1) is 11.6. The van der Waals surface area contributed by atoms with Crippen LogP contribution in [-0.4, -0.2) is 20.1 Å². The monoisotopic (exact) mass is 301 g/mol. The number of aliphatic hydroxyl groups excluding tert-OH is 1. The zero-order chi connectivity index (χ0) is 11.7. The third kappa shape index (κ3) is 2.11. The average Bonchev–Trinajstić information content (AvgIpc) is 2.67. The van der Waals surface area contributed by atoms with E-state index in [1.807, 2.05) is 0 Å². The van der Waals surface area contributed by atoms with Crippen molar-refractivity contribution >= 4 is 27.5 Å². The van der Waals surface area contributed by atoms with Gasteiger partial charge in [0.15, 0.2) is 0 Å². The van der Waals surface area contributed by atoms with Crippen LogP contribution in [0.15, 0.2) is 28.9 Å². The van der Waals surface area contributed by atoms with Crippen molar-refractivity contribution in [3.63, 3.8) is 0 Å². The largest absolute Gasteiger partial charge is 0.382 e. The number of aromatic nitrogens is 3. The summed E-state index contributed by atoms with van der Waals surface area (Å²) >= 11 is 9.26. The summed E-state index contributed by atoms with van der Waals surface area (Å²) in [6, 6.07) is 5.26. The molecule has 0 saturated carbocycles. The van der Waals surface area contributed by atoms with Gasteiger partial charge >= 0.3 is 0 Å². The Kier molecular flexibility index (Phi) is 3.28. The molecule has 6 heteroatoms. The van der Waals surface area contributed by atoms with Crippen molar-refractivity contribution in [2.45, 2.75) is 6.10 Å². The van der Waals surface area contributed by atoms with E-state index in [-0.39, 0.29) is 0 Å². The fourth-order valence-corrected chi connectivity index (χ4v) is 2.07. The van der Waals surface area contributed by atoms with E-state index in [1.54, 1.807) is 25.2 Å². The molecule has 0 amide bonds. The molecule has 1 atom stereocenters. The van der Waals surface area contributed by atoms with E-state index < -0.39 is 6.10 Å². The van der Waals surface area contributed by atoms with Gasteiger partial charge in [-0.2, -0.15) is 0 Å². The van der Waals surface area contributed by atoms with Gasteiger partial charge in [-0.1, -0.05) is 32.7 Å². The van der Waals surface area contributed by atoms with Crippen molar-refractivity contribution in [3.8, 4) is 0 Å². The zero-order valence-corrected chi connectivity index (χ0v) is 10.8. The lowest BCUT2D eigenvalue weighted by molar-refractivity contribution is 0.209. The van der Waals surface area contributed by atoms with Gasteiger partial charge in [0.1, 0.15) is 6.10 Å². The van der Waals surface area contributed by atoms with Crippen molar-refractivity contribution in [2.24, 2.45) is 7.05 Å². The minimum Gasteiger partial charge on any atom is -0.382 e. The van der Waals surface area contributed by atoms with Crippen LogP contribution in [0.2, 0.25) is 5.02 Å². The van der Waals surface area contributed by atoms with Crippen LogP contribution in [0.5, 0.6) is 0 Å². The van der Waals surface area contributed by atoms with Crippen molar-refractivity contribution in [3.05, 3.63) is 45.1 Å². The Morgan fingerprint density at radius 2 is 2.25 bits per heavy atom. The molecular formula is C10H9BrClN3O. The Balaban J connectivity index is 2.45. The van der Waals surface area contributed by atoms with Crippen molar-refractivity contribution < 1.29 is 5.11 Å². The summed E-state index contributed by atoms with van der Waals surface area (Å²) in [5.41, 5.74) is 1.31. The lowest BCUT2D eigenvalue weighted by Crippen LogP contribution is -2.07. The van der Waals surface area contributed by atoms with E-state index >= 15 is 0 Å². The van der Waals surface area contributed by atoms with Crippen LogP contribution in [0.1, 0.15) is 17.4 Å². The molecule has 4 nitrogen and oxygen atoms in total. The third-order valence-corrected chi connectivity index (χ3v) is 3.24. The summed E-state index contributed by atoms with van der Waals surface area (Å²) in [5, 5.41) is 18.3. The normalized spacial score (nSPS) is 12.8. The van der Waals surface area contributed by atoms with E-state index in [0.717, 1.165) is 4.47 Å². The Labute approximate surface area is 106 Å². The Bertz CT molecular complexity index is 515. The molecular weight excluding hydrogens is 293 g/mol. The summed E-state index contributed by atoms with van der Waals surface area (Å²) < 4.78 is 2.32. The fourth-order valence-electron chi connectivity index (χ4n) is 1.43. The van der Waals surface area contributed by atoms with Crippen molar-refractivity contribution in [1.29, 1.82) is 0 Å². The number of hydrogen-bond acceptors (Lipinski definition) is 3. The first-order valence-electron chi connectivity index (χ1n) is 4.57. The molecule has 1 heterocycles. The number of nitrogens with zero attached hydrogens (tertiary/aromatic N) is 3. The van der Waals surface area contributed by atoms with E-state index in [1.165, 1.54) is 10.9 Å². The second-order valence-electron chi connectivity index (χ2n) is 3.35. The molecule has 84 valence electrons.